The van der Waals surface area contributed by atoms with Crippen LogP contribution in [0.5, 0.6) is 0 Å². The first kappa shape index (κ1) is 18.6. The summed E-state index contributed by atoms with van der Waals surface area (Å²) in [6, 6.07) is 8.02. The molecule has 8 nitrogen and oxygen atoms in total. The van der Waals surface area contributed by atoms with Crippen LogP contribution in [0.25, 0.3) is 0 Å². The predicted molar refractivity (Wildman–Crippen MR) is 106 cm³/mol. The molecule has 0 atom stereocenters. The zero-order valence-electron chi connectivity index (χ0n) is 15.6. The molecule has 0 aliphatic carbocycles. The van der Waals surface area contributed by atoms with E-state index in [9.17, 15) is 4.39 Å². The maximum Gasteiger partial charge on any atom is 0.229 e. The van der Waals surface area contributed by atoms with Gasteiger partial charge in [0.1, 0.15) is 11.6 Å². The fourth-order valence-corrected chi connectivity index (χ4v) is 3.06. The highest BCUT2D eigenvalue weighted by Gasteiger charge is 2.19. The van der Waals surface area contributed by atoms with Crippen LogP contribution in [0.3, 0.4) is 0 Å². The van der Waals surface area contributed by atoms with Crippen molar-refractivity contribution in [3.05, 3.63) is 41.7 Å². The second-order valence-corrected chi connectivity index (χ2v) is 6.53. The van der Waals surface area contributed by atoms with Crippen LogP contribution in [0.2, 0.25) is 0 Å². The average molecular weight is 386 g/mol. The number of nitrogens with one attached hydrogen (secondary N) is 1. The van der Waals surface area contributed by atoms with Crippen molar-refractivity contribution in [2.24, 2.45) is 5.10 Å². The molecule has 9 heteroatoms. The molecule has 0 unspecified atom stereocenters. The van der Waals surface area contributed by atoms with Crippen LogP contribution in [0.4, 0.5) is 22.0 Å². The summed E-state index contributed by atoms with van der Waals surface area (Å²) in [4.78, 5) is 13.7. The van der Waals surface area contributed by atoms with Gasteiger partial charge in [-0.2, -0.15) is 15.1 Å². The maximum atomic E-state index is 13.0. The molecule has 1 N–H and O–H groups in total. The molecule has 2 fully saturated rings. The summed E-state index contributed by atoms with van der Waals surface area (Å²) in [7, 11) is 0. The van der Waals surface area contributed by atoms with Crippen LogP contribution in [-0.2, 0) is 9.47 Å². The molecule has 28 heavy (non-hydrogen) atoms. The normalized spacial score (nSPS) is 17.9. The van der Waals surface area contributed by atoms with Crippen molar-refractivity contribution in [3.63, 3.8) is 0 Å². The van der Waals surface area contributed by atoms with E-state index in [1.807, 2.05) is 6.07 Å². The van der Waals surface area contributed by atoms with Crippen molar-refractivity contribution in [1.82, 2.24) is 9.97 Å². The van der Waals surface area contributed by atoms with Gasteiger partial charge in [-0.3, -0.25) is 5.43 Å². The van der Waals surface area contributed by atoms with Gasteiger partial charge in [0.15, 0.2) is 5.82 Å². The molecule has 0 spiro atoms. The number of halogens is 1. The van der Waals surface area contributed by atoms with Gasteiger partial charge in [-0.05, 0) is 17.7 Å². The summed E-state index contributed by atoms with van der Waals surface area (Å²) in [5.74, 6) is 1.84. The summed E-state index contributed by atoms with van der Waals surface area (Å²) in [5, 5.41) is 4.24. The summed E-state index contributed by atoms with van der Waals surface area (Å²) >= 11 is 0. The number of hydrogen-bond acceptors (Lipinski definition) is 8. The Bertz CT molecular complexity index is 768. The topological polar surface area (TPSA) is 75.1 Å². The molecule has 2 aliphatic heterocycles. The zero-order valence-corrected chi connectivity index (χ0v) is 15.6. The van der Waals surface area contributed by atoms with Gasteiger partial charge in [-0.15, -0.1) is 0 Å². The predicted octanol–water partition coefficient (Wildman–Crippen LogP) is 1.73. The molecule has 0 amide bonds. The first-order valence-electron chi connectivity index (χ1n) is 9.37. The first-order chi connectivity index (χ1) is 13.8. The number of benzene rings is 1. The lowest BCUT2D eigenvalue weighted by atomic mass is 10.2. The second kappa shape index (κ2) is 8.94. The van der Waals surface area contributed by atoms with Crippen LogP contribution >= 0.6 is 0 Å². The van der Waals surface area contributed by atoms with Gasteiger partial charge in [0.2, 0.25) is 5.95 Å². The lowest BCUT2D eigenvalue weighted by Crippen LogP contribution is -2.39. The Balaban J connectivity index is 1.54. The van der Waals surface area contributed by atoms with Gasteiger partial charge < -0.3 is 19.3 Å². The van der Waals surface area contributed by atoms with Crippen molar-refractivity contribution in [2.75, 3.05) is 67.8 Å². The number of hydrogen-bond donors (Lipinski definition) is 1. The number of rotatable bonds is 5. The zero-order chi connectivity index (χ0) is 19.2. The van der Waals surface area contributed by atoms with Gasteiger partial charge in [0.05, 0.1) is 32.6 Å². The van der Waals surface area contributed by atoms with Crippen LogP contribution in [-0.4, -0.2) is 68.8 Å². The minimum atomic E-state index is -0.272. The molecule has 4 rings (SSSR count). The van der Waals surface area contributed by atoms with E-state index >= 15 is 0 Å². The van der Waals surface area contributed by atoms with E-state index in [-0.39, 0.29) is 5.82 Å². The number of aromatic nitrogens is 2. The van der Waals surface area contributed by atoms with Gasteiger partial charge >= 0.3 is 0 Å². The lowest BCUT2D eigenvalue weighted by Gasteiger charge is -2.31. The summed E-state index contributed by atoms with van der Waals surface area (Å²) < 4.78 is 23.9. The summed E-state index contributed by atoms with van der Waals surface area (Å²) in [5.41, 5.74) is 3.77. The maximum absolute atomic E-state index is 13.0. The molecule has 2 saturated heterocycles. The highest BCUT2D eigenvalue weighted by Crippen LogP contribution is 2.22. The second-order valence-electron chi connectivity index (χ2n) is 6.53. The number of hydrazone groups is 1. The van der Waals surface area contributed by atoms with Crippen molar-refractivity contribution in [1.29, 1.82) is 0 Å². The molecular weight excluding hydrogens is 363 g/mol. The Kier molecular flexibility index (Phi) is 5.93. The Hall–Kier alpha value is -2.78. The highest BCUT2D eigenvalue weighted by molar-refractivity contribution is 5.80. The third-order valence-corrected chi connectivity index (χ3v) is 4.59. The number of morpholine rings is 2. The van der Waals surface area contributed by atoms with Gasteiger partial charge in [0.25, 0.3) is 0 Å². The molecule has 1 aromatic carbocycles. The van der Waals surface area contributed by atoms with Crippen molar-refractivity contribution in [3.8, 4) is 0 Å². The van der Waals surface area contributed by atoms with Crippen LogP contribution in [0.1, 0.15) is 5.56 Å². The molecule has 1 aromatic heterocycles. The van der Waals surface area contributed by atoms with Crippen LogP contribution in [0, 0.1) is 5.82 Å². The van der Waals surface area contributed by atoms with Crippen molar-refractivity contribution < 1.29 is 13.9 Å². The van der Waals surface area contributed by atoms with Gasteiger partial charge in [0, 0.05) is 32.2 Å². The molecule has 2 aliphatic rings. The molecule has 0 radical (unpaired) electrons. The van der Waals surface area contributed by atoms with Crippen LogP contribution in [0.15, 0.2) is 35.4 Å². The fraction of sp³-hybridized carbons (Fsp3) is 0.421. The SMILES string of the molecule is Fc1ccc(/C=N\Nc2cc(N3CCOCC3)nc(N3CCOCC3)n2)cc1. The monoisotopic (exact) mass is 386 g/mol. The highest BCUT2D eigenvalue weighted by atomic mass is 19.1. The molecule has 2 aromatic rings. The third-order valence-electron chi connectivity index (χ3n) is 4.59. The fourth-order valence-electron chi connectivity index (χ4n) is 3.06. The molecule has 0 bridgehead atoms. The number of ether oxygens (including phenoxy) is 2. The minimum Gasteiger partial charge on any atom is -0.378 e. The Morgan fingerprint density at radius 1 is 0.929 bits per heavy atom. The van der Waals surface area contributed by atoms with Gasteiger partial charge in [-0.1, -0.05) is 12.1 Å². The largest absolute Gasteiger partial charge is 0.378 e. The molecule has 148 valence electrons. The van der Waals surface area contributed by atoms with E-state index in [1.165, 1.54) is 12.1 Å². The Morgan fingerprint density at radius 3 is 2.25 bits per heavy atom. The van der Waals surface area contributed by atoms with Gasteiger partial charge in [-0.25, -0.2) is 4.39 Å². The smallest absolute Gasteiger partial charge is 0.229 e. The lowest BCUT2D eigenvalue weighted by molar-refractivity contribution is 0.121. The Labute approximate surface area is 163 Å². The van der Waals surface area contributed by atoms with E-state index < -0.39 is 0 Å². The summed E-state index contributed by atoms with van der Waals surface area (Å²) in [6.45, 7) is 5.78. The molecule has 0 saturated carbocycles. The van der Waals surface area contributed by atoms with E-state index in [1.54, 1.807) is 18.3 Å². The summed E-state index contributed by atoms with van der Waals surface area (Å²) in [6.07, 6.45) is 1.63. The first-order valence-corrected chi connectivity index (χ1v) is 9.37. The van der Waals surface area contributed by atoms with Crippen LogP contribution < -0.4 is 15.2 Å². The third kappa shape index (κ3) is 4.73. The minimum absolute atomic E-state index is 0.272. The average Bonchev–Trinajstić information content (AvgIpc) is 2.76. The van der Waals surface area contributed by atoms with E-state index in [4.69, 9.17) is 14.5 Å². The van der Waals surface area contributed by atoms with E-state index in [0.29, 0.717) is 38.2 Å². The number of nitrogens with zero attached hydrogens (tertiary/aromatic N) is 5. The molecular formula is C19H23FN6O2. The van der Waals surface area contributed by atoms with Crippen molar-refractivity contribution >= 4 is 23.8 Å². The van der Waals surface area contributed by atoms with E-state index in [2.05, 4.69) is 25.3 Å². The van der Waals surface area contributed by atoms with Crippen molar-refractivity contribution in [2.45, 2.75) is 0 Å². The Morgan fingerprint density at radius 2 is 1.57 bits per heavy atom. The number of anilines is 3. The van der Waals surface area contributed by atoms with E-state index in [0.717, 1.165) is 37.6 Å². The quantitative estimate of drug-likeness (QED) is 0.620. The standard InChI is InChI=1S/C19H23FN6O2/c20-16-3-1-15(2-4-16)14-21-24-17-13-18(25-5-9-27-10-6-25)23-19(22-17)26-7-11-28-12-8-26/h1-4,13-14H,5-12H2,(H,22,23,24)/b21-14-. The molecule has 3 heterocycles.